The van der Waals surface area contributed by atoms with Gasteiger partial charge in [0.15, 0.2) is 5.96 Å². The maximum Gasteiger partial charge on any atom is 0.193 e. The number of benzene rings is 1. The van der Waals surface area contributed by atoms with Gasteiger partial charge in [-0.25, -0.2) is 0 Å². The average molecular weight is 329 g/mol. The second-order valence-electron chi connectivity index (χ2n) is 8.13. The average Bonchev–Trinajstić information content (AvgIpc) is 3.19. The van der Waals surface area contributed by atoms with Crippen LogP contribution in [-0.2, 0) is 10.2 Å². The summed E-state index contributed by atoms with van der Waals surface area (Å²) < 4.78 is 5.64. The van der Waals surface area contributed by atoms with Gasteiger partial charge in [0.05, 0.1) is 6.61 Å². The Morgan fingerprint density at radius 1 is 1.38 bits per heavy atom. The standard InChI is InChI=1S/C20H31N3O/c1-16-6-5-7-17(12-16)19(2,3)13-22-18(21-4)23-10-8-20(14-23)9-11-24-15-20/h5-7,12H,8-11,13-15H2,1-4H3,(H,21,22). The molecule has 0 saturated carbocycles. The summed E-state index contributed by atoms with van der Waals surface area (Å²) in [4.78, 5) is 6.93. The molecule has 1 unspecified atom stereocenters. The zero-order valence-corrected chi connectivity index (χ0v) is 15.6. The molecule has 132 valence electrons. The third kappa shape index (κ3) is 3.59. The van der Waals surface area contributed by atoms with E-state index in [-0.39, 0.29) is 5.41 Å². The second-order valence-corrected chi connectivity index (χ2v) is 8.13. The highest BCUT2D eigenvalue weighted by molar-refractivity contribution is 5.80. The fraction of sp³-hybridized carbons (Fsp3) is 0.650. The predicted molar refractivity (Wildman–Crippen MR) is 99.6 cm³/mol. The normalized spacial score (nSPS) is 24.8. The highest BCUT2D eigenvalue weighted by Crippen LogP contribution is 2.38. The Labute approximate surface area is 146 Å². The summed E-state index contributed by atoms with van der Waals surface area (Å²) in [5, 5.41) is 3.61. The third-order valence-corrected chi connectivity index (χ3v) is 5.62. The maximum absolute atomic E-state index is 5.64. The molecule has 1 aromatic carbocycles. The Hall–Kier alpha value is -1.55. The van der Waals surface area contributed by atoms with Gasteiger partial charge in [-0.3, -0.25) is 4.99 Å². The molecule has 1 N–H and O–H groups in total. The van der Waals surface area contributed by atoms with Crippen LogP contribution >= 0.6 is 0 Å². The second kappa shape index (κ2) is 6.75. The minimum absolute atomic E-state index is 0.0653. The van der Waals surface area contributed by atoms with Gasteiger partial charge in [0.1, 0.15) is 0 Å². The molecular formula is C20H31N3O. The molecule has 0 aromatic heterocycles. The first-order chi connectivity index (χ1) is 11.4. The number of likely N-dealkylation sites (tertiary alicyclic amines) is 1. The minimum atomic E-state index is 0.0653. The lowest BCUT2D eigenvalue weighted by atomic mass is 9.84. The van der Waals surface area contributed by atoms with E-state index in [4.69, 9.17) is 4.74 Å². The zero-order chi connectivity index (χ0) is 17.2. The van der Waals surface area contributed by atoms with Crippen molar-refractivity contribution in [3.05, 3.63) is 35.4 Å². The molecule has 4 heteroatoms. The number of nitrogens with zero attached hydrogens (tertiary/aromatic N) is 2. The van der Waals surface area contributed by atoms with E-state index >= 15 is 0 Å². The van der Waals surface area contributed by atoms with Crippen molar-refractivity contribution in [2.45, 2.75) is 39.0 Å². The molecule has 2 aliphatic heterocycles. The van der Waals surface area contributed by atoms with Gasteiger partial charge in [0, 0.05) is 44.1 Å². The van der Waals surface area contributed by atoms with Gasteiger partial charge in [-0.2, -0.15) is 0 Å². The van der Waals surface area contributed by atoms with Gasteiger partial charge in [-0.1, -0.05) is 43.7 Å². The van der Waals surface area contributed by atoms with Crippen molar-refractivity contribution in [2.24, 2.45) is 10.4 Å². The molecule has 0 amide bonds. The van der Waals surface area contributed by atoms with E-state index in [2.05, 4.69) is 60.2 Å². The van der Waals surface area contributed by atoms with Gasteiger partial charge in [0.25, 0.3) is 0 Å². The number of hydrogen-bond acceptors (Lipinski definition) is 2. The van der Waals surface area contributed by atoms with Crippen molar-refractivity contribution in [1.82, 2.24) is 10.2 Å². The number of nitrogens with one attached hydrogen (secondary N) is 1. The number of ether oxygens (including phenoxy) is 1. The van der Waals surface area contributed by atoms with Crippen LogP contribution in [-0.4, -0.2) is 50.8 Å². The number of aryl methyl sites for hydroxylation is 1. The lowest BCUT2D eigenvalue weighted by Crippen LogP contribution is -2.45. The largest absolute Gasteiger partial charge is 0.381 e. The fourth-order valence-corrected chi connectivity index (χ4v) is 3.89. The summed E-state index contributed by atoms with van der Waals surface area (Å²) in [6.45, 7) is 11.6. The lowest BCUT2D eigenvalue weighted by Gasteiger charge is -2.30. The van der Waals surface area contributed by atoms with Crippen LogP contribution in [0.15, 0.2) is 29.3 Å². The van der Waals surface area contributed by atoms with Crippen molar-refractivity contribution in [3.8, 4) is 0 Å². The van der Waals surface area contributed by atoms with Crippen molar-refractivity contribution in [3.63, 3.8) is 0 Å². The summed E-state index contributed by atoms with van der Waals surface area (Å²) in [6, 6.07) is 8.80. The molecule has 3 rings (SSSR count). The lowest BCUT2D eigenvalue weighted by molar-refractivity contribution is 0.156. The van der Waals surface area contributed by atoms with Crippen molar-refractivity contribution in [2.75, 3.05) is 39.9 Å². The summed E-state index contributed by atoms with van der Waals surface area (Å²) in [7, 11) is 1.89. The molecule has 2 fully saturated rings. The van der Waals surface area contributed by atoms with Crippen LogP contribution in [0.1, 0.15) is 37.8 Å². The molecule has 2 heterocycles. The number of aliphatic imine (C=N–C) groups is 1. The van der Waals surface area contributed by atoms with Crippen LogP contribution in [0.2, 0.25) is 0 Å². The molecule has 4 nitrogen and oxygen atoms in total. The first-order valence-electron chi connectivity index (χ1n) is 9.05. The van der Waals surface area contributed by atoms with E-state index in [1.165, 1.54) is 24.0 Å². The highest BCUT2D eigenvalue weighted by atomic mass is 16.5. The van der Waals surface area contributed by atoms with Crippen molar-refractivity contribution < 1.29 is 4.74 Å². The Bertz CT molecular complexity index is 603. The molecule has 2 aliphatic rings. The van der Waals surface area contributed by atoms with Crippen LogP contribution in [0.25, 0.3) is 0 Å². The van der Waals surface area contributed by atoms with Crippen LogP contribution in [0.5, 0.6) is 0 Å². The molecule has 0 radical (unpaired) electrons. The van der Waals surface area contributed by atoms with E-state index in [1.54, 1.807) is 0 Å². The molecule has 1 atom stereocenters. The summed E-state index contributed by atoms with van der Waals surface area (Å²) in [5.41, 5.74) is 3.11. The van der Waals surface area contributed by atoms with Gasteiger partial charge < -0.3 is 15.0 Å². The summed E-state index contributed by atoms with van der Waals surface area (Å²) in [5.74, 6) is 1.03. The van der Waals surface area contributed by atoms with E-state index in [9.17, 15) is 0 Å². The Kier molecular flexibility index (Phi) is 4.86. The first-order valence-corrected chi connectivity index (χ1v) is 9.05. The molecule has 24 heavy (non-hydrogen) atoms. The molecule has 2 saturated heterocycles. The quantitative estimate of drug-likeness (QED) is 0.684. The van der Waals surface area contributed by atoms with E-state index in [0.717, 1.165) is 38.8 Å². The third-order valence-electron chi connectivity index (χ3n) is 5.62. The van der Waals surface area contributed by atoms with Gasteiger partial charge in [0.2, 0.25) is 0 Å². The van der Waals surface area contributed by atoms with Crippen molar-refractivity contribution in [1.29, 1.82) is 0 Å². The van der Waals surface area contributed by atoms with E-state index in [0.29, 0.717) is 5.41 Å². The number of hydrogen-bond donors (Lipinski definition) is 1. The summed E-state index contributed by atoms with van der Waals surface area (Å²) in [6.07, 6.45) is 2.41. The smallest absolute Gasteiger partial charge is 0.193 e. The predicted octanol–water partition coefficient (Wildman–Crippen LogP) is 2.96. The minimum Gasteiger partial charge on any atom is -0.381 e. The highest BCUT2D eigenvalue weighted by Gasteiger charge is 2.42. The van der Waals surface area contributed by atoms with Crippen LogP contribution < -0.4 is 5.32 Å². The Morgan fingerprint density at radius 2 is 2.21 bits per heavy atom. The number of guanidine groups is 1. The fourth-order valence-electron chi connectivity index (χ4n) is 3.89. The van der Waals surface area contributed by atoms with Crippen LogP contribution in [0.4, 0.5) is 0 Å². The van der Waals surface area contributed by atoms with Crippen molar-refractivity contribution >= 4 is 5.96 Å². The van der Waals surface area contributed by atoms with Gasteiger partial charge >= 0.3 is 0 Å². The zero-order valence-electron chi connectivity index (χ0n) is 15.6. The van der Waals surface area contributed by atoms with E-state index in [1.807, 2.05) is 7.05 Å². The van der Waals surface area contributed by atoms with Crippen LogP contribution in [0, 0.1) is 12.3 Å². The molecular weight excluding hydrogens is 298 g/mol. The van der Waals surface area contributed by atoms with E-state index < -0.39 is 0 Å². The maximum atomic E-state index is 5.64. The molecule has 0 aliphatic carbocycles. The SMILES string of the molecule is CN=C(NCC(C)(C)c1cccc(C)c1)N1CCC2(CCOC2)C1. The Morgan fingerprint density at radius 3 is 2.88 bits per heavy atom. The Balaban J connectivity index is 1.62. The van der Waals surface area contributed by atoms with Gasteiger partial charge in [-0.05, 0) is 25.3 Å². The summed E-state index contributed by atoms with van der Waals surface area (Å²) >= 11 is 0. The molecule has 1 spiro atoms. The van der Waals surface area contributed by atoms with Crippen LogP contribution in [0.3, 0.4) is 0 Å². The molecule has 0 bridgehead atoms. The monoisotopic (exact) mass is 329 g/mol. The number of rotatable bonds is 3. The molecule has 1 aromatic rings. The van der Waals surface area contributed by atoms with Gasteiger partial charge in [-0.15, -0.1) is 0 Å². The first kappa shape index (κ1) is 17.3. The topological polar surface area (TPSA) is 36.9 Å².